The molecule has 2 aromatic rings. The topological polar surface area (TPSA) is 68.6 Å². The van der Waals surface area contributed by atoms with Crippen molar-refractivity contribution in [1.82, 2.24) is 20.0 Å². The van der Waals surface area contributed by atoms with Crippen LogP contribution in [0.25, 0.3) is 0 Å². The molecule has 25 heavy (non-hydrogen) atoms. The predicted molar refractivity (Wildman–Crippen MR) is 95.8 cm³/mol. The van der Waals surface area contributed by atoms with Crippen molar-refractivity contribution in [2.24, 2.45) is 7.05 Å². The summed E-state index contributed by atoms with van der Waals surface area (Å²) in [5.74, 6) is 1.31. The number of carbonyl (C=O) groups excluding carboxylic acids is 1. The molecular formula is C18H26N4O3. The average molecular weight is 346 g/mol. The molecule has 0 bridgehead atoms. The van der Waals surface area contributed by atoms with Crippen LogP contribution in [-0.2, 0) is 18.4 Å². The fraction of sp³-hybridized carbons (Fsp3) is 0.444. The van der Waals surface area contributed by atoms with Gasteiger partial charge in [0.2, 0.25) is 5.91 Å². The van der Waals surface area contributed by atoms with E-state index in [1.54, 1.807) is 44.1 Å². The number of amides is 1. The second kappa shape index (κ2) is 8.02. The van der Waals surface area contributed by atoms with E-state index in [-0.39, 0.29) is 5.91 Å². The molecule has 2 rings (SSSR count). The molecule has 7 nitrogen and oxygen atoms in total. The Balaban J connectivity index is 2.20. The van der Waals surface area contributed by atoms with Crippen molar-refractivity contribution in [2.45, 2.75) is 19.5 Å². The fourth-order valence-electron chi connectivity index (χ4n) is 2.77. The van der Waals surface area contributed by atoms with E-state index in [2.05, 4.69) is 10.4 Å². The highest BCUT2D eigenvalue weighted by Gasteiger charge is 2.24. The maximum absolute atomic E-state index is 12.8. The van der Waals surface area contributed by atoms with Crippen LogP contribution < -0.4 is 14.8 Å². The molecule has 7 heteroatoms. The summed E-state index contributed by atoms with van der Waals surface area (Å²) in [4.78, 5) is 14.5. The van der Waals surface area contributed by atoms with Crippen molar-refractivity contribution in [3.8, 4) is 11.5 Å². The third-order valence-corrected chi connectivity index (χ3v) is 4.22. The van der Waals surface area contributed by atoms with Gasteiger partial charge in [0, 0.05) is 32.4 Å². The summed E-state index contributed by atoms with van der Waals surface area (Å²) in [6.45, 7) is 2.47. The van der Waals surface area contributed by atoms with E-state index in [0.717, 1.165) is 16.7 Å². The first kappa shape index (κ1) is 18.8. The van der Waals surface area contributed by atoms with Crippen LogP contribution in [0.3, 0.4) is 0 Å². The number of nitrogens with one attached hydrogen (secondary N) is 1. The standard InChI is InChI=1S/C18H26N4O3/c1-12-7-15(24-5)16(25-6)8-13(12)10-21(3)18(23)17(19-2)14-9-20-22(4)11-14/h7-9,11,17,19H,10H2,1-6H3. The number of benzene rings is 1. The smallest absolute Gasteiger partial charge is 0.244 e. The molecule has 0 aliphatic rings. The van der Waals surface area contributed by atoms with E-state index in [1.165, 1.54) is 0 Å². The predicted octanol–water partition coefficient (Wildman–Crippen LogP) is 1.66. The third kappa shape index (κ3) is 4.11. The number of nitrogens with zero attached hydrogens (tertiary/aromatic N) is 3. The van der Waals surface area contributed by atoms with E-state index >= 15 is 0 Å². The third-order valence-electron chi connectivity index (χ3n) is 4.22. The van der Waals surface area contributed by atoms with E-state index in [9.17, 15) is 4.79 Å². The van der Waals surface area contributed by atoms with Gasteiger partial charge in [0.15, 0.2) is 11.5 Å². The Labute approximate surface area is 148 Å². The Morgan fingerprint density at radius 1 is 1.32 bits per heavy atom. The minimum Gasteiger partial charge on any atom is -0.493 e. The lowest BCUT2D eigenvalue weighted by Gasteiger charge is -2.24. The Bertz CT molecular complexity index is 742. The van der Waals surface area contributed by atoms with Crippen LogP contribution in [0.2, 0.25) is 0 Å². The van der Waals surface area contributed by atoms with Gasteiger partial charge >= 0.3 is 0 Å². The summed E-state index contributed by atoms with van der Waals surface area (Å²) in [6.07, 6.45) is 3.54. The van der Waals surface area contributed by atoms with Crippen molar-refractivity contribution in [2.75, 3.05) is 28.3 Å². The highest BCUT2D eigenvalue weighted by Crippen LogP contribution is 2.31. The average Bonchev–Trinajstić information content (AvgIpc) is 3.02. The molecule has 0 spiro atoms. The maximum Gasteiger partial charge on any atom is 0.244 e. The molecule has 1 N–H and O–H groups in total. The summed E-state index contributed by atoms with van der Waals surface area (Å²) in [7, 11) is 8.60. The quantitative estimate of drug-likeness (QED) is 0.826. The first-order valence-corrected chi connectivity index (χ1v) is 8.03. The van der Waals surface area contributed by atoms with Gasteiger partial charge in [0.1, 0.15) is 6.04 Å². The van der Waals surface area contributed by atoms with Gasteiger partial charge in [-0.25, -0.2) is 0 Å². The molecular weight excluding hydrogens is 320 g/mol. The molecule has 0 saturated carbocycles. The van der Waals surface area contributed by atoms with Gasteiger partial charge < -0.3 is 19.7 Å². The normalized spacial score (nSPS) is 11.9. The van der Waals surface area contributed by atoms with Gasteiger partial charge in [-0.2, -0.15) is 5.10 Å². The molecule has 1 aromatic heterocycles. The molecule has 1 atom stereocenters. The number of likely N-dealkylation sites (N-methyl/N-ethyl adjacent to an activating group) is 2. The minimum absolute atomic E-state index is 0.0234. The number of aromatic nitrogens is 2. The Hall–Kier alpha value is -2.54. The van der Waals surface area contributed by atoms with Crippen LogP contribution in [0.15, 0.2) is 24.5 Å². The number of aryl methyl sites for hydroxylation is 2. The van der Waals surface area contributed by atoms with Gasteiger partial charge in [-0.1, -0.05) is 0 Å². The summed E-state index contributed by atoms with van der Waals surface area (Å²) in [6, 6.07) is 3.40. The van der Waals surface area contributed by atoms with Gasteiger partial charge in [0.05, 0.1) is 20.4 Å². The van der Waals surface area contributed by atoms with Crippen molar-refractivity contribution in [3.63, 3.8) is 0 Å². The van der Waals surface area contributed by atoms with Gasteiger partial charge in [-0.05, 0) is 37.2 Å². The first-order valence-electron chi connectivity index (χ1n) is 8.03. The number of rotatable bonds is 7. The highest BCUT2D eigenvalue weighted by molar-refractivity contribution is 5.83. The van der Waals surface area contributed by atoms with Crippen molar-refractivity contribution in [3.05, 3.63) is 41.2 Å². The lowest BCUT2D eigenvalue weighted by atomic mass is 10.1. The van der Waals surface area contributed by atoms with E-state index in [1.807, 2.05) is 32.3 Å². The Morgan fingerprint density at radius 2 is 1.96 bits per heavy atom. The summed E-state index contributed by atoms with van der Waals surface area (Å²) in [5.41, 5.74) is 2.89. The zero-order chi connectivity index (χ0) is 18.6. The largest absolute Gasteiger partial charge is 0.493 e. The van der Waals surface area contributed by atoms with Crippen molar-refractivity contribution >= 4 is 5.91 Å². The number of carbonyl (C=O) groups is 1. The Morgan fingerprint density at radius 3 is 2.48 bits per heavy atom. The van der Waals surface area contributed by atoms with Crippen LogP contribution in [-0.4, -0.2) is 48.9 Å². The van der Waals surface area contributed by atoms with Gasteiger partial charge in [-0.15, -0.1) is 0 Å². The lowest BCUT2D eigenvalue weighted by molar-refractivity contribution is -0.132. The second-order valence-electron chi connectivity index (χ2n) is 6.00. The van der Waals surface area contributed by atoms with Crippen molar-refractivity contribution in [1.29, 1.82) is 0 Å². The van der Waals surface area contributed by atoms with E-state index in [0.29, 0.717) is 18.0 Å². The molecule has 0 aliphatic heterocycles. The lowest BCUT2D eigenvalue weighted by Crippen LogP contribution is -2.37. The van der Waals surface area contributed by atoms with Crippen LogP contribution in [0.1, 0.15) is 22.7 Å². The van der Waals surface area contributed by atoms with Gasteiger partial charge in [0.25, 0.3) is 0 Å². The number of hydrogen-bond donors (Lipinski definition) is 1. The van der Waals surface area contributed by atoms with Crippen LogP contribution in [0, 0.1) is 6.92 Å². The van der Waals surface area contributed by atoms with Crippen LogP contribution in [0.4, 0.5) is 0 Å². The van der Waals surface area contributed by atoms with E-state index in [4.69, 9.17) is 9.47 Å². The number of hydrogen-bond acceptors (Lipinski definition) is 5. The molecule has 1 heterocycles. The fourth-order valence-corrected chi connectivity index (χ4v) is 2.77. The van der Waals surface area contributed by atoms with Crippen LogP contribution in [0.5, 0.6) is 11.5 Å². The molecule has 1 aromatic carbocycles. The molecule has 1 amide bonds. The van der Waals surface area contributed by atoms with E-state index < -0.39 is 6.04 Å². The second-order valence-corrected chi connectivity index (χ2v) is 6.00. The molecule has 0 fully saturated rings. The number of ether oxygens (including phenoxy) is 2. The van der Waals surface area contributed by atoms with Crippen LogP contribution >= 0.6 is 0 Å². The van der Waals surface area contributed by atoms with Crippen molar-refractivity contribution < 1.29 is 14.3 Å². The summed E-state index contributed by atoms with van der Waals surface area (Å²) in [5, 5.41) is 7.21. The highest BCUT2D eigenvalue weighted by atomic mass is 16.5. The monoisotopic (exact) mass is 346 g/mol. The molecule has 0 radical (unpaired) electrons. The zero-order valence-corrected chi connectivity index (χ0v) is 15.7. The molecule has 1 unspecified atom stereocenters. The Kier molecular flexibility index (Phi) is 6.03. The zero-order valence-electron chi connectivity index (χ0n) is 15.7. The number of methoxy groups -OCH3 is 2. The summed E-state index contributed by atoms with van der Waals surface area (Å²) < 4.78 is 12.4. The maximum atomic E-state index is 12.8. The molecule has 0 saturated heterocycles. The SMILES string of the molecule is CNC(C(=O)N(C)Cc1cc(OC)c(OC)cc1C)c1cnn(C)c1. The van der Waals surface area contributed by atoms with Gasteiger partial charge in [-0.3, -0.25) is 9.48 Å². The first-order chi connectivity index (χ1) is 11.9. The minimum atomic E-state index is -0.431. The molecule has 0 aliphatic carbocycles. The molecule has 136 valence electrons. The summed E-state index contributed by atoms with van der Waals surface area (Å²) >= 11 is 0.